The number of hydrogen-bond donors (Lipinski definition) is 1. The molecule has 0 fully saturated rings. The number of rotatable bonds is 6. The molecule has 0 saturated carbocycles. The molecule has 0 saturated heterocycles. The summed E-state index contributed by atoms with van der Waals surface area (Å²) in [7, 11) is 1.57. The van der Waals surface area contributed by atoms with Gasteiger partial charge in [0.25, 0.3) is 0 Å². The van der Waals surface area contributed by atoms with Gasteiger partial charge < -0.3 is 14.8 Å². The van der Waals surface area contributed by atoms with Crippen molar-refractivity contribution in [3.63, 3.8) is 0 Å². The Kier molecular flexibility index (Phi) is 5.69. The molecule has 6 heteroatoms. The largest absolute Gasteiger partial charge is 0.496 e. The highest BCUT2D eigenvalue weighted by Crippen LogP contribution is 2.28. The third kappa shape index (κ3) is 4.17. The smallest absolute Gasteiger partial charge is 0.339 e. The second-order valence-electron chi connectivity index (χ2n) is 6.12. The zero-order valence-electron chi connectivity index (χ0n) is 15.5. The zero-order chi connectivity index (χ0) is 20.1. The van der Waals surface area contributed by atoms with Gasteiger partial charge in [-0.15, -0.1) is 0 Å². The van der Waals surface area contributed by atoms with Crippen molar-refractivity contribution in [3.05, 3.63) is 71.8 Å². The van der Waals surface area contributed by atoms with Crippen LogP contribution >= 0.6 is 0 Å². The average molecular weight is 377 g/mol. The number of esters is 1. The molecular weight excluding hydrogens is 358 g/mol. The van der Waals surface area contributed by atoms with E-state index in [1.807, 2.05) is 18.2 Å². The Morgan fingerprint density at radius 1 is 0.893 bits per heavy atom. The first kappa shape index (κ1) is 19.1. The number of hydrogen-bond acceptors (Lipinski definition) is 5. The van der Waals surface area contributed by atoms with Gasteiger partial charge in [0.2, 0.25) is 5.91 Å². The normalized spacial score (nSPS) is 10.4. The van der Waals surface area contributed by atoms with E-state index in [0.29, 0.717) is 28.0 Å². The van der Waals surface area contributed by atoms with Crippen LogP contribution in [0.3, 0.4) is 0 Å². The van der Waals surface area contributed by atoms with Gasteiger partial charge in [-0.3, -0.25) is 9.59 Å². The Hall–Kier alpha value is -3.67. The molecule has 1 N–H and O–H groups in total. The standard InChI is InChI=1S/C22H19NO5/c1-14(24)23-16-9-7-15(8-10-16)20(25)13-28-22(26)19-11-12-21(27-2)18-6-4-3-5-17(18)19/h3-12H,13H2,1-2H3,(H,23,24). The molecule has 3 aromatic carbocycles. The summed E-state index contributed by atoms with van der Waals surface area (Å²) >= 11 is 0. The number of ether oxygens (including phenoxy) is 2. The van der Waals surface area contributed by atoms with Crippen LogP contribution in [0, 0.1) is 0 Å². The number of Topliss-reactive ketones (excluding diaryl/α,β-unsaturated/α-hetero) is 1. The van der Waals surface area contributed by atoms with Crippen LogP contribution in [-0.4, -0.2) is 31.4 Å². The van der Waals surface area contributed by atoms with Crippen LogP contribution in [-0.2, 0) is 9.53 Å². The van der Waals surface area contributed by atoms with Crippen LogP contribution in [0.5, 0.6) is 5.75 Å². The van der Waals surface area contributed by atoms with Crippen LogP contribution in [0.25, 0.3) is 10.8 Å². The van der Waals surface area contributed by atoms with E-state index in [1.54, 1.807) is 49.6 Å². The minimum Gasteiger partial charge on any atom is -0.496 e. The number of nitrogens with one attached hydrogen (secondary N) is 1. The molecule has 1 amide bonds. The van der Waals surface area contributed by atoms with E-state index in [2.05, 4.69) is 5.32 Å². The third-order valence-corrected chi connectivity index (χ3v) is 4.19. The number of ketones is 1. The fourth-order valence-electron chi connectivity index (χ4n) is 2.86. The number of methoxy groups -OCH3 is 1. The van der Waals surface area contributed by atoms with E-state index in [0.717, 1.165) is 5.39 Å². The summed E-state index contributed by atoms with van der Waals surface area (Å²) < 4.78 is 10.5. The van der Waals surface area contributed by atoms with Gasteiger partial charge in [0.15, 0.2) is 12.4 Å². The maximum absolute atomic E-state index is 12.5. The Morgan fingerprint density at radius 3 is 2.21 bits per heavy atom. The first-order chi connectivity index (χ1) is 13.5. The molecule has 0 radical (unpaired) electrons. The van der Waals surface area contributed by atoms with Gasteiger partial charge >= 0.3 is 5.97 Å². The lowest BCUT2D eigenvalue weighted by atomic mass is 10.0. The van der Waals surface area contributed by atoms with E-state index in [-0.39, 0.29) is 18.3 Å². The van der Waals surface area contributed by atoms with Crippen LogP contribution < -0.4 is 10.1 Å². The van der Waals surface area contributed by atoms with Crippen molar-refractivity contribution in [2.45, 2.75) is 6.92 Å². The van der Waals surface area contributed by atoms with Gasteiger partial charge in [-0.25, -0.2) is 4.79 Å². The molecule has 142 valence electrons. The van der Waals surface area contributed by atoms with Gasteiger partial charge in [0.1, 0.15) is 5.75 Å². The van der Waals surface area contributed by atoms with Crippen LogP contribution in [0.2, 0.25) is 0 Å². The second kappa shape index (κ2) is 8.35. The first-order valence-corrected chi connectivity index (χ1v) is 8.63. The van der Waals surface area contributed by atoms with Crippen molar-refractivity contribution < 1.29 is 23.9 Å². The predicted octanol–water partition coefficient (Wildman–Crippen LogP) is 3.85. The summed E-state index contributed by atoms with van der Waals surface area (Å²) in [6.07, 6.45) is 0. The van der Waals surface area contributed by atoms with Crippen LogP contribution in [0.1, 0.15) is 27.6 Å². The maximum atomic E-state index is 12.5. The lowest BCUT2D eigenvalue weighted by Crippen LogP contribution is -2.15. The fourth-order valence-corrected chi connectivity index (χ4v) is 2.86. The summed E-state index contributed by atoms with van der Waals surface area (Å²) in [6.45, 7) is 1.03. The van der Waals surface area contributed by atoms with E-state index in [1.165, 1.54) is 6.92 Å². The summed E-state index contributed by atoms with van der Waals surface area (Å²) in [5, 5.41) is 4.11. The maximum Gasteiger partial charge on any atom is 0.339 e. The summed E-state index contributed by atoms with van der Waals surface area (Å²) in [6, 6.07) is 17.0. The lowest BCUT2D eigenvalue weighted by Gasteiger charge is -2.10. The highest BCUT2D eigenvalue weighted by atomic mass is 16.5. The number of anilines is 1. The van der Waals surface area contributed by atoms with Crippen LogP contribution in [0.15, 0.2) is 60.7 Å². The Bertz CT molecular complexity index is 1040. The number of fused-ring (bicyclic) bond motifs is 1. The SMILES string of the molecule is COc1ccc(C(=O)OCC(=O)c2ccc(NC(C)=O)cc2)c2ccccc12. The Morgan fingerprint density at radius 2 is 1.57 bits per heavy atom. The topological polar surface area (TPSA) is 81.7 Å². The highest BCUT2D eigenvalue weighted by Gasteiger charge is 2.16. The molecule has 6 nitrogen and oxygen atoms in total. The minimum atomic E-state index is -0.581. The van der Waals surface area contributed by atoms with E-state index in [4.69, 9.17) is 9.47 Å². The molecule has 28 heavy (non-hydrogen) atoms. The molecule has 0 atom stereocenters. The summed E-state index contributed by atoms with van der Waals surface area (Å²) in [4.78, 5) is 35.8. The van der Waals surface area contributed by atoms with Gasteiger partial charge in [0.05, 0.1) is 12.7 Å². The van der Waals surface area contributed by atoms with Crippen molar-refractivity contribution >= 4 is 34.1 Å². The zero-order valence-corrected chi connectivity index (χ0v) is 15.5. The van der Waals surface area contributed by atoms with Gasteiger partial charge in [0, 0.05) is 23.6 Å². The number of amides is 1. The predicted molar refractivity (Wildman–Crippen MR) is 106 cm³/mol. The minimum absolute atomic E-state index is 0.195. The quantitative estimate of drug-likeness (QED) is 0.521. The van der Waals surface area contributed by atoms with Crippen molar-refractivity contribution in [2.24, 2.45) is 0 Å². The first-order valence-electron chi connectivity index (χ1n) is 8.63. The number of carbonyl (C=O) groups is 3. The molecule has 0 aliphatic carbocycles. The monoisotopic (exact) mass is 377 g/mol. The Balaban J connectivity index is 1.71. The summed E-state index contributed by atoms with van der Waals surface area (Å²) in [5.41, 5.74) is 1.34. The fraction of sp³-hybridized carbons (Fsp3) is 0.136. The molecule has 0 heterocycles. The van der Waals surface area contributed by atoms with Gasteiger partial charge in [-0.2, -0.15) is 0 Å². The molecule has 0 unspecified atom stereocenters. The summed E-state index contributed by atoms with van der Waals surface area (Å²) in [5.74, 6) is -0.454. The second-order valence-corrected chi connectivity index (χ2v) is 6.12. The highest BCUT2D eigenvalue weighted by molar-refractivity contribution is 6.07. The Labute approximate surface area is 162 Å². The molecule has 0 spiro atoms. The number of benzene rings is 3. The molecule has 3 aromatic rings. The van der Waals surface area contributed by atoms with Crippen molar-refractivity contribution in [2.75, 3.05) is 19.0 Å². The van der Waals surface area contributed by atoms with Crippen molar-refractivity contribution in [3.8, 4) is 5.75 Å². The molecule has 0 aliphatic heterocycles. The van der Waals surface area contributed by atoms with Gasteiger partial charge in [-0.05, 0) is 41.8 Å². The number of carbonyl (C=O) groups excluding carboxylic acids is 3. The molecular formula is C22H19NO5. The van der Waals surface area contributed by atoms with Gasteiger partial charge in [-0.1, -0.05) is 24.3 Å². The molecule has 0 aliphatic rings. The van der Waals surface area contributed by atoms with E-state index in [9.17, 15) is 14.4 Å². The lowest BCUT2D eigenvalue weighted by molar-refractivity contribution is -0.114. The molecule has 0 aromatic heterocycles. The van der Waals surface area contributed by atoms with Crippen molar-refractivity contribution in [1.29, 1.82) is 0 Å². The molecule has 0 bridgehead atoms. The molecule has 3 rings (SSSR count). The van der Waals surface area contributed by atoms with Crippen LogP contribution in [0.4, 0.5) is 5.69 Å². The van der Waals surface area contributed by atoms with E-state index >= 15 is 0 Å². The van der Waals surface area contributed by atoms with E-state index < -0.39 is 5.97 Å². The third-order valence-electron chi connectivity index (χ3n) is 4.19. The van der Waals surface area contributed by atoms with Crippen molar-refractivity contribution in [1.82, 2.24) is 0 Å². The average Bonchev–Trinajstić information content (AvgIpc) is 2.71.